The van der Waals surface area contributed by atoms with E-state index < -0.39 is 35.2 Å². The van der Waals surface area contributed by atoms with E-state index in [9.17, 15) is 29.4 Å². The summed E-state index contributed by atoms with van der Waals surface area (Å²) in [6.45, 7) is 0. The molecule has 0 aromatic carbocycles. The average Bonchev–Trinajstić information content (AvgIpc) is 2.34. The molecule has 4 N–H and O–H groups in total. The smallest absolute Gasteiger partial charge is 0.326 e. The Bertz CT molecular complexity index is 462. The van der Waals surface area contributed by atoms with Gasteiger partial charge < -0.3 is 20.4 Å². The Morgan fingerprint density at radius 2 is 1.45 bits per heavy atom. The predicted octanol–water partition coefficient (Wildman–Crippen LogP) is 0.428. The molecule has 0 amide bonds. The maximum atomic E-state index is 11.5. The van der Waals surface area contributed by atoms with Crippen LogP contribution in [0.4, 0.5) is 0 Å². The summed E-state index contributed by atoms with van der Waals surface area (Å²) in [5.41, 5.74) is -3.14. The fourth-order valence-corrected chi connectivity index (χ4v) is 2.47. The van der Waals surface area contributed by atoms with Gasteiger partial charge in [-0.15, -0.1) is 0 Å². The SMILES string of the molecule is O=C(O)C(C(=O)O)C(C(=O)O)(C(=O)O)C1=CCCCC1. The highest BCUT2D eigenvalue weighted by molar-refractivity contribution is 6.12. The fourth-order valence-electron chi connectivity index (χ4n) is 2.47. The fraction of sp³-hybridized carbons (Fsp3) is 0.500. The average molecular weight is 286 g/mol. The van der Waals surface area contributed by atoms with Gasteiger partial charge in [0.25, 0.3) is 0 Å². The zero-order valence-electron chi connectivity index (χ0n) is 10.4. The summed E-state index contributed by atoms with van der Waals surface area (Å²) in [4.78, 5) is 45.1. The Morgan fingerprint density at radius 1 is 0.950 bits per heavy atom. The van der Waals surface area contributed by atoms with Crippen molar-refractivity contribution < 1.29 is 39.6 Å². The number of rotatable bonds is 6. The minimum Gasteiger partial charge on any atom is -0.481 e. The first-order valence-electron chi connectivity index (χ1n) is 5.88. The molecule has 8 nitrogen and oxygen atoms in total. The first-order chi connectivity index (χ1) is 9.26. The quantitative estimate of drug-likeness (QED) is 0.405. The Balaban J connectivity index is 3.57. The zero-order valence-corrected chi connectivity index (χ0v) is 10.4. The summed E-state index contributed by atoms with van der Waals surface area (Å²) in [6.07, 6.45) is 2.97. The summed E-state index contributed by atoms with van der Waals surface area (Å²) >= 11 is 0. The van der Waals surface area contributed by atoms with Gasteiger partial charge in [-0.25, -0.2) is 0 Å². The standard InChI is InChI=1S/C12H14O8/c13-8(14)7(9(15)16)12(10(17)18,11(19)20)6-4-2-1-3-5-6/h4,7H,1-3,5H2,(H,13,14)(H,15,16)(H,17,18)(H,19,20). The van der Waals surface area contributed by atoms with Crippen molar-refractivity contribution in [1.82, 2.24) is 0 Å². The molecule has 0 aliphatic heterocycles. The molecule has 110 valence electrons. The summed E-state index contributed by atoms with van der Waals surface area (Å²) in [5, 5.41) is 36.5. The number of allylic oxidation sites excluding steroid dienone is 1. The van der Waals surface area contributed by atoms with Gasteiger partial charge in [-0.2, -0.15) is 0 Å². The maximum absolute atomic E-state index is 11.5. The molecule has 0 heterocycles. The van der Waals surface area contributed by atoms with Crippen molar-refractivity contribution in [2.75, 3.05) is 0 Å². The van der Waals surface area contributed by atoms with Crippen molar-refractivity contribution >= 4 is 23.9 Å². The predicted molar refractivity (Wildman–Crippen MR) is 63.0 cm³/mol. The van der Waals surface area contributed by atoms with Gasteiger partial charge in [-0.05, 0) is 31.3 Å². The van der Waals surface area contributed by atoms with Crippen molar-refractivity contribution in [3.63, 3.8) is 0 Å². The molecule has 0 bridgehead atoms. The van der Waals surface area contributed by atoms with Crippen LogP contribution in [0.2, 0.25) is 0 Å². The number of carboxylic acid groups (broad SMARTS) is 4. The first kappa shape index (κ1) is 15.7. The molecule has 0 saturated carbocycles. The van der Waals surface area contributed by atoms with Gasteiger partial charge in [0.2, 0.25) is 5.41 Å². The van der Waals surface area contributed by atoms with Crippen LogP contribution in [-0.2, 0) is 19.2 Å². The second-order valence-electron chi connectivity index (χ2n) is 4.50. The van der Waals surface area contributed by atoms with E-state index in [2.05, 4.69) is 0 Å². The first-order valence-corrected chi connectivity index (χ1v) is 5.88. The van der Waals surface area contributed by atoms with Crippen molar-refractivity contribution in [2.45, 2.75) is 25.7 Å². The molecule has 0 aromatic heterocycles. The number of carbonyl (C=O) groups is 4. The maximum Gasteiger partial charge on any atom is 0.326 e. The Labute approximate surface area is 113 Å². The molecular weight excluding hydrogens is 272 g/mol. The van der Waals surface area contributed by atoms with Gasteiger partial charge in [-0.1, -0.05) is 6.08 Å². The van der Waals surface area contributed by atoms with Gasteiger partial charge in [0, 0.05) is 0 Å². The normalized spacial score (nSPS) is 15.6. The van der Waals surface area contributed by atoms with Crippen molar-refractivity contribution in [2.24, 2.45) is 11.3 Å². The molecule has 20 heavy (non-hydrogen) atoms. The van der Waals surface area contributed by atoms with Gasteiger partial charge >= 0.3 is 23.9 Å². The topological polar surface area (TPSA) is 149 Å². The zero-order chi connectivity index (χ0) is 15.5. The molecule has 0 fully saturated rings. The molecule has 0 radical (unpaired) electrons. The second-order valence-corrected chi connectivity index (χ2v) is 4.50. The van der Waals surface area contributed by atoms with Crippen molar-refractivity contribution in [1.29, 1.82) is 0 Å². The van der Waals surface area contributed by atoms with Gasteiger partial charge in [0.05, 0.1) is 0 Å². The van der Waals surface area contributed by atoms with E-state index in [0.29, 0.717) is 19.3 Å². The largest absolute Gasteiger partial charge is 0.481 e. The van der Waals surface area contributed by atoms with E-state index in [-0.39, 0.29) is 12.0 Å². The minimum absolute atomic E-state index is 0.0513. The van der Waals surface area contributed by atoms with E-state index in [4.69, 9.17) is 10.2 Å². The third-order valence-electron chi connectivity index (χ3n) is 3.40. The van der Waals surface area contributed by atoms with Crippen LogP contribution in [0.15, 0.2) is 11.6 Å². The molecule has 1 rings (SSSR count). The highest BCUT2D eigenvalue weighted by Crippen LogP contribution is 2.42. The minimum atomic E-state index is -2.97. The summed E-state index contributed by atoms with van der Waals surface area (Å²) in [6, 6.07) is 0. The molecule has 1 aliphatic rings. The lowest BCUT2D eigenvalue weighted by Crippen LogP contribution is -2.53. The summed E-state index contributed by atoms with van der Waals surface area (Å²) in [5.74, 6) is -10.5. The lowest BCUT2D eigenvalue weighted by atomic mass is 9.66. The van der Waals surface area contributed by atoms with Crippen molar-refractivity contribution in [3.05, 3.63) is 11.6 Å². The van der Waals surface area contributed by atoms with Crippen LogP contribution >= 0.6 is 0 Å². The highest BCUT2D eigenvalue weighted by Gasteiger charge is 2.62. The molecule has 0 spiro atoms. The van der Waals surface area contributed by atoms with Crippen LogP contribution in [0.25, 0.3) is 0 Å². The summed E-state index contributed by atoms with van der Waals surface area (Å²) < 4.78 is 0. The molecule has 0 saturated heterocycles. The molecular formula is C12H14O8. The van der Waals surface area contributed by atoms with Gasteiger partial charge in [-0.3, -0.25) is 19.2 Å². The third-order valence-corrected chi connectivity index (χ3v) is 3.40. The van der Waals surface area contributed by atoms with Crippen LogP contribution in [0, 0.1) is 11.3 Å². The molecule has 0 aromatic rings. The monoisotopic (exact) mass is 286 g/mol. The number of aliphatic carboxylic acids is 4. The number of hydrogen-bond donors (Lipinski definition) is 4. The van der Waals surface area contributed by atoms with Crippen LogP contribution in [0.1, 0.15) is 25.7 Å². The Morgan fingerprint density at radius 3 is 1.75 bits per heavy atom. The van der Waals surface area contributed by atoms with E-state index in [1.807, 2.05) is 0 Å². The summed E-state index contributed by atoms with van der Waals surface area (Å²) in [7, 11) is 0. The third kappa shape index (κ3) is 2.36. The Hall–Kier alpha value is -2.38. The second kappa shape index (κ2) is 5.72. The van der Waals surface area contributed by atoms with Crippen LogP contribution in [-0.4, -0.2) is 44.3 Å². The lowest BCUT2D eigenvalue weighted by Gasteiger charge is -2.32. The molecule has 0 unspecified atom stereocenters. The van der Waals surface area contributed by atoms with Gasteiger partial charge in [0.15, 0.2) is 5.92 Å². The van der Waals surface area contributed by atoms with Crippen LogP contribution in [0.3, 0.4) is 0 Å². The molecule has 1 aliphatic carbocycles. The molecule has 0 atom stereocenters. The van der Waals surface area contributed by atoms with E-state index >= 15 is 0 Å². The Kier molecular flexibility index (Phi) is 4.49. The number of carboxylic acids is 4. The lowest BCUT2D eigenvalue weighted by molar-refractivity contribution is -0.179. The van der Waals surface area contributed by atoms with E-state index in [1.165, 1.54) is 6.08 Å². The van der Waals surface area contributed by atoms with E-state index in [1.54, 1.807) is 0 Å². The van der Waals surface area contributed by atoms with Gasteiger partial charge in [0.1, 0.15) is 0 Å². The van der Waals surface area contributed by atoms with Crippen LogP contribution in [0.5, 0.6) is 0 Å². The van der Waals surface area contributed by atoms with Crippen molar-refractivity contribution in [3.8, 4) is 0 Å². The number of hydrogen-bond acceptors (Lipinski definition) is 4. The molecule has 8 heteroatoms. The van der Waals surface area contributed by atoms with Crippen LogP contribution < -0.4 is 0 Å². The van der Waals surface area contributed by atoms with E-state index in [0.717, 1.165) is 0 Å². The highest BCUT2D eigenvalue weighted by atomic mass is 16.4.